The van der Waals surface area contributed by atoms with Crippen molar-refractivity contribution in [3.05, 3.63) is 35.9 Å². The van der Waals surface area contributed by atoms with E-state index in [-0.39, 0.29) is 38.9 Å². The molecule has 1 atom stereocenters. The zero-order valence-electron chi connectivity index (χ0n) is 14.2. The van der Waals surface area contributed by atoms with E-state index in [9.17, 15) is 19.2 Å². The fourth-order valence-corrected chi connectivity index (χ4v) is 2.31. The summed E-state index contributed by atoms with van der Waals surface area (Å²) in [7, 11) is 0. The second-order valence-electron chi connectivity index (χ2n) is 5.79. The number of nitrogens with zero attached hydrogens (tertiary/aromatic N) is 1. The Bertz CT molecular complexity index is 648. The van der Waals surface area contributed by atoms with Crippen molar-refractivity contribution in [2.24, 2.45) is 5.73 Å². The summed E-state index contributed by atoms with van der Waals surface area (Å²) in [5.41, 5.74) is 5.95. The summed E-state index contributed by atoms with van der Waals surface area (Å²) in [6, 6.07) is 8.47. The quantitative estimate of drug-likeness (QED) is 0.619. The lowest BCUT2D eigenvalue weighted by atomic mass is 10.1. The molecule has 0 spiro atoms. The van der Waals surface area contributed by atoms with Crippen molar-refractivity contribution < 1.29 is 28.8 Å². The number of alkyl carbamates (subject to hydrolysis) is 1. The molecule has 9 heteroatoms. The summed E-state index contributed by atoms with van der Waals surface area (Å²) < 4.78 is 5.11. The molecule has 0 saturated carbocycles. The predicted octanol–water partition coefficient (Wildman–Crippen LogP) is 0.627. The molecule has 1 aromatic rings. The standard InChI is InChI=1S/C17H21N3O6/c18-14(21)7-6-13(11-26-20-15(22)8-9-16(20)23)19-17(24)25-10-12-4-2-1-3-5-12/h1-5,13H,6-11H2,(H2,18,21)(H,19,24). The van der Waals surface area contributed by atoms with Crippen molar-refractivity contribution in [3.63, 3.8) is 0 Å². The summed E-state index contributed by atoms with van der Waals surface area (Å²) in [5, 5.41) is 3.24. The van der Waals surface area contributed by atoms with Crippen LogP contribution in [0.1, 0.15) is 31.2 Å². The largest absolute Gasteiger partial charge is 0.445 e. The fourth-order valence-electron chi connectivity index (χ4n) is 2.31. The second kappa shape index (κ2) is 9.52. The van der Waals surface area contributed by atoms with E-state index < -0.39 is 29.9 Å². The smallest absolute Gasteiger partial charge is 0.407 e. The van der Waals surface area contributed by atoms with Crippen LogP contribution in [0.3, 0.4) is 0 Å². The van der Waals surface area contributed by atoms with Crippen LogP contribution in [0.5, 0.6) is 0 Å². The Labute approximate surface area is 150 Å². The normalized spacial score (nSPS) is 15.0. The molecule has 0 aromatic heterocycles. The van der Waals surface area contributed by atoms with Crippen LogP contribution in [0.15, 0.2) is 30.3 Å². The molecule has 140 valence electrons. The maximum absolute atomic E-state index is 11.9. The average Bonchev–Trinajstić information content (AvgIpc) is 2.94. The van der Waals surface area contributed by atoms with E-state index in [4.69, 9.17) is 15.3 Å². The Balaban J connectivity index is 1.84. The van der Waals surface area contributed by atoms with Gasteiger partial charge in [-0.15, -0.1) is 0 Å². The number of amides is 4. The lowest BCUT2D eigenvalue weighted by Gasteiger charge is -2.21. The van der Waals surface area contributed by atoms with Crippen LogP contribution in [0.25, 0.3) is 0 Å². The highest BCUT2D eigenvalue weighted by Gasteiger charge is 2.31. The number of ether oxygens (including phenoxy) is 1. The van der Waals surface area contributed by atoms with Crippen molar-refractivity contribution in [1.29, 1.82) is 0 Å². The third kappa shape index (κ3) is 6.17. The van der Waals surface area contributed by atoms with Gasteiger partial charge in [0.2, 0.25) is 5.91 Å². The van der Waals surface area contributed by atoms with Gasteiger partial charge in [0, 0.05) is 19.3 Å². The highest BCUT2D eigenvalue weighted by atomic mass is 16.7. The Morgan fingerprint density at radius 3 is 2.42 bits per heavy atom. The molecule has 1 heterocycles. The Hall–Kier alpha value is -2.94. The van der Waals surface area contributed by atoms with E-state index in [2.05, 4.69) is 5.32 Å². The number of nitrogens with one attached hydrogen (secondary N) is 1. The molecule has 1 aliphatic heterocycles. The van der Waals surface area contributed by atoms with Gasteiger partial charge in [0.05, 0.1) is 12.6 Å². The molecule has 0 radical (unpaired) electrons. The molecule has 9 nitrogen and oxygen atoms in total. The molecule has 1 saturated heterocycles. The van der Waals surface area contributed by atoms with Gasteiger partial charge in [0.1, 0.15) is 6.61 Å². The Kier molecular flexibility index (Phi) is 7.10. The second-order valence-corrected chi connectivity index (χ2v) is 5.79. The van der Waals surface area contributed by atoms with Crippen LogP contribution in [0.2, 0.25) is 0 Å². The average molecular weight is 363 g/mol. The van der Waals surface area contributed by atoms with Crippen molar-refractivity contribution >= 4 is 23.8 Å². The fraction of sp³-hybridized carbons (Fsp3) is 0.412. The minimum absolute atomic E-state index is 0.00881. The van der Waals surface area contributed by atoms with Crippen molar-refractivity contribution in [1.82, 2.24) is 10.4 Å². The van der Waals surface area contributed by atoms with Gasteiger partial charge in [-0.3, -0.25) is 19.2 Å². The van der Waals surface area contributed by atoms with Crippen LogP contribution in [-0.4, -0.2) is 41.5 Å². The highest BCUT2D eigenvalue weighted by Crippen LogP contribution is 2.13. The van der Waals surface area contributed by atoms with Crippen molar-refractivity contribution in [2.45, 2.75) is 38.3 Å². The van der Waals surface area contributed by atoms with Gasteiger partial charge < -0.3 is 15.8 Å². The lowest BCUT2D eigenvalue weighted by molar-refractivity contribution is -0.189. The topological polar surface area (TPSA) is 128 Å². The number of hydrogen-bond acceptors (Lipinski definition) is 6. The predicted molar refractivity (Wildman–Crippen MR) is 89.0 cm³/mol. The van der Waals surface area contributed by atoms with Crippen LogP contribution in [0.4, 0.5) is 4.79 Å². The van der Waals surface area contributed by atoms with Gasteiger partial charge in [0.25, 0.3) is 11.8 Å². The van der Waals surface area contributed by atoms with Crippen molar-refractivity contribution in [3.8, 4) is 0 Å². The van der Waals surface area contributed by atoms with Gasteiger partial charge in [0.15, 0.2) is 0 Å². The number of hydrogen-bond donors (Lipinski definition) is 2. The molecular formula is C17H21N3O6. The summed E-state index contributed by atoms with van der Waals surface area (Å²) >= 11 is 0. The van der Waals surface area contributed by atoms with Crippen LogP contribution >= 0.6 is 0 Å². The summed E-state index contributed by atoms with van der Waals surface area (Å²) in [5.74, 6) is -1.41. The van der Waals surface area contributed by atoms with E-state index in [0.717, 1.165) is 5.56 Å². The van der Waals surface area contributed by atoms with Gasteiger partial charge in [-0.2, -0.15) is 5.06 Å². The van der Waals surface area contributed by atoms with Crippen LogP contribution < -0.4 is 11.1 Å². The molecular weight excluding hydrogens is 342 g/mol. The zero-order valence-corrected chi connectivity index (χ0v) is 14.2. The van der Waals surface area contributed by atoms with Gasteiger partial charge in [-0.25, -0.2) is 4.79 Å². The SMILES string of the molecule is NC(=O)CCC(CON1C(=O)CCC1=O)NC(=O)OCc1ccccc1. The number of primary amides is 1. The molecule has 0 bridgehead atoms. The zero-order chi connectivity index (χ0) is 18.9. The molecule has 3 N–H and O–H groups in total. The minimum Gasteiger partial charge on any atom is -0.445 e. The Morgan fingerprint density at radius 2 is 1.81 bits per heavy atom. The summed E-state index contributed by atoms with van der Waals surface area (Å²) in [4.78, 5) is 51.2. The molecule has 0 aliphatic carbocycles. The van der Waals surface area contributed by atoms with E-state index >= 15 is 0 Å². The van der Waals surface area contributed by atoms with Gasteiger partial charge >= 0.3 is 6.09 Å². The van der Waals surface area contributed by atoms with E-state index in [1.54, 1.807) is 0 Å². The number of carbonyl (C=O) groups is 4. The third-order valence-electron chi connectivity index (χ3n) is 3.68. The molecule has 1 aromatic carbocycles. The molecule has 26 heavy (non-hydrogen) atoms. The first-order chi connectivity index (χ1) is 12.5. The maximum atomic E-state index is 11.9. The van der Waals surface area contributed by atoms with E-state index in [0.29, 0.717) is 5.06 Å². The number of imide groups is 1. The molecule has 1 fully saturated rings. The first-order valence-corrected chi connectivity index (χ1v) is 8.20. The van der Waals surface area contributed by atoms with E-state index in [1.807, 2.05) is 30.3 Å². The Morgan fingerprint density at radius 1 is 1.15 bits per heavy atom. The highest BCUT2D eigenvalue weighted by molar-refractivity contribution is 6.00. The first-order valence-electron chi connectivity index (χ1n) is 8.20. The first kappa shape index (κ1) is 19.4. The molecule has 2 rings (SSSR count). The number of benzene rings is 1. The summed E-state index contributed by atoms with van der Waals surface area (Å²) in [6.45, 7) is -0.0790. The van der Waals surface area contributed by atoms with Crippen LogP contribution in [0, 0.1) is 0 Å². The maximum Gasteiger partial charge on any atom is 0.407 e. The van der Waals surface area contributed by atoms with Crippen LogP contribution in [-0.2, 0) is 30.6 Å². The molecule has 1 unspecified atom stereocenters. The minimum atomic E-state index is -0.703. The van der Waals surface area contributed by atoms with Crippen molar-refractivity contribution in [2.75, 3.05) is 6.61 Å². The van der Waals surface area contributed by atoms with E-state index in [1.165, 1.54) is 0 Å². The third-order valence-corrected chi connectivity index (χ3v) is 3.68. The number of hydroxylamine groups is 2. The summed E-state index contributed by atoms with van der Waals surface area (Å²) in [6.07, 6.45) is -0.318. The number of nitrogens with two attached hydrogens (primary N) is 1. The number of carbonyl (C=O) groups excluding carboxylic acids is 4. The van der Waals surface area contributed by atoms with Gasteiger partial charge in [-0.1, -0.05) is 30.3 Å². The lowest BCUT2D eigenvalue weighted by Crippen LogP contribution is -2.42. The molecule has 4 amide bonds. The monoisotopic (exact) mass is 363 g/mol. The molecule has 1 aliphatic rings. The number of rotatable bonds is 9. The van der Waals surface area contributed by atoms with Gasteiger partial charge in [-0.05, 0) is 12.0 Å².